The molecule has 1 aliphatic carbocycles. The minimum atomic E-state index is -0.204. The van der Waals surface area contributed by atoms with E-state index in [9.17, 15) is 4.79 Å². The Morgan fingerprint density at radius 2 is 1.86 bits per heavy atom. The predicted octanol–water partition coefficient (Wildman–Crippen LogP) is 3.44. The van der Waals surface area contributed by atoms with Crippen LogP contribution in [0.5, 0.6) is 5.75 Å². The number of benzene rings is 1. The van der Waals surface area contributed by atoms with Crippen LogP contribution < -0.4 is 10.1 Å². The molecule has 1 fully saturated rings. The molecule has 1 heterocycles. The minimum Gasteiger partial charge on any atom is -0.490 e. The van der Waals surface area contributed by atoms with Crippen molar-refractivity contribution in [3.05, 3.63) is 48.4 Å². The van der Waals surface area contributed by atoms with Crippen molar-refractivity contribution in [3.8, 4) is 5.75 Å². The molecule has 0 radical (unpaired) electrons. The van der Waals surface area contributed by atoms with Gasteiger partial charge in [0.2, 0.25) is 0 Å². The van der Waals surface area contributed by atoms with Gasteiger partial charge in [0.05, 0.1) is 12.3 Å². The largest absolute Gasteiger partial charge is 0.490 e. The van der Waals surface area contributed by atoms with Crippen LogP contribution in [0.4, 0.5) is 5.82 Å². The van der Waals surface area contributed by atoms with Crippen molar-refractivity contribution in [2.45, 2.75) is 38.2 Å². The number of carbonyl (C=O) groups is 1. The van der Waals surface area contributed by atoms with Crippen LogP contribution in [0.25, 0.3) is 0 Å². The Balaban J connectivity index is 1.59. The highest BCUT2D eigenvalue weighted by Gasteiger charge is 2.15. The van der Waals surface area contributed by atoms with Gasteiger partial charge in [0.15, 0.2) is 5.82 Å². The number of rotatable bonds is 4. The maximum absolute atomic E-state index is 12.1. The second-order valence-electron chi connectivity index (χ2n) is 5.45. The predicted molar refractivity (Wildman–Crippen MR) is 83.9 cm³/mol. The summed E-state index contributed by atoms with van der Waals surface area (Å²) < 4.78 is 5.95. The van der Waals surface area contributed by atoms with Gasteiger partial charge in [-0.3, -0.25) is 9.78 Å². The first-order valence-corrected chi connectivity index (χ1v) is 7.65. The fourth-order valence-corrected chi connectivity index (χ4v) is 2.61. The molecule has 1 saturated carbocycles. The number of hydrogen-bond acceptors (Lipinski definition) is 4. The van der Waals surface area contributed by atoms with Gasteiger partial charge in [-0.05, 0) is 49.9 Å². The Bertz CT molecular complexity index is 608. The first kappa shape index (κ1) is 14.5. The fourth-order valence-electron chi connectivity index (χ4n) is 2.61. The van der Waals surface area contributed by atoms with Crippen LogP contribution in [0, 0.1) is 0 Å². The summed E-state index contributed by atoms with van der Waals surface area (Å²) in [5.74, 6) is 1.06. The average molecular weight is 297 g/mol. The minimum absolute atomic E-state index is 0.204. The first-order chi connectivity index (χ1) is 10.8. The molecule has 0 saturated heterocycles. The highest BCUT2D eigenvalue weighted by Crippen LogP contribution is 2.23. The molecule has 1 aromatic carbocycles. The van der Waals surface area contributed by atoms with Gasteiger partial charge in [0.1, 0.15) is 5.75 Å². The van der Waals surface area contributed by atoms with Crippen LogP contribution in [-0.2, 0) is 0 Å². The zero-order valence-corrected chi connectivity index (χ0v) is 12.4. The van der Waals surface area contributed by atoms with Crippen molar-refractivity contribution in [1.82, 2.24) is 9.97 Å². The number of amides is 1. The number of hydrogen-bond donors (Lipinski definition) is 1. The van der Waals surface area contributed by atoms with Crippen LogP contribution in [0.2, 0.25) is 0 Å². The van der Waals surface area contributed by atoms with Crippen molar-refractivity contribution < 1.29 is 9.53 Å². The van der Waals surface area contributed by atoms with E-state index in [0.29, 0.717) is 17.5 Å². The smallest absolute Gasteiger partial charge is 0.256 e. The lowest BCUT2D eigenvalue weighted by Gasteiger charge is -2.23. The molecule has 114 valence electrons. The van der Waals surface area contributed by atoms with Gasteiger partial charge in [0, 0.05) is 18.0 Å². The van der Waals surface area contributed by atoms with Gasteiger partial charge in [-0.15, -0.1) is 0 Å². The van der Waals surface area contributed by atoms with Crippen LogP contribution in [0.3, 0.4) is 0 Å². The molecule has 1 N–H and O–H groups in total. The van der Waals surface area contributed by atoms with Crippen molar-refractivity contribution in [1.29, 1.82) is 0 Å². The third kappa shape index (κ3) is 3.81. The van der Waals surface area contributed by atoms with E-state index < -0.39 is 0 Å². The van der Waals surface area contributed by atoms with E-state index in [1.807, 2.05) is 12.1 Å². The zero-order chi connectivity index (χ0) is 15.2. The molecule has 0 bridgehead atoms. The lowest BCUT2D eigenvalue weighted by molar-refractivity contribution is 0.102. The van der Waals surface area contributed by atoms with Gasteiger partial charge in [-0.25, -0.2) is 4.98 Å². The Kier molecular flexibility index (Phi) is 4.63. The van der Waals surface area contributed by atoms with E-state index in [-0.39, 0.29) is 5.91 Å². The summed E-state index contributed by atoms with van der Waals surface area (Å²) in [5.41, 5.74) is 0.571. The lowest BCUT2D eigenvalue weighted by Crippen LogP contribution is -2.19. The second-order valence-corrected chi connectivity index (χ2v) is 5.45. The number of aromatic nitrogens is 2. The van der Waals surface area contributed by atoms with E-state index in [1.54, 1.807) is 18.3 Å². The normalized spacial score (nSPS) is 15.3. The maximum atomic E-state index is 12.1. The summed E-state index contributed by atoms with van der Waals surface area (Å²) in [4.78, 5) is 20.0. The van der Waals surface area contributed by atoms with Gasteiger partial charge in [-0.1, -0.05) is 6.42 Å². The monoisotopic (exact) mass is 297 g/mol. The summed E-state index contributed by atoms with van der Waals surface area (Å²) in [7, 11) is 0. The summed E-state index contributed by atoms with van der Waals surface area (Å²) in [6.45, 7) is 0. The molecular weight excluding hydrogens is 278 g/mol. The molecule has 1 amide bonds. The fraction of sp³-hybridized carbons (Fsp3) is 0.353. The standard InChI is InChI=1S/C17H19N3O2/c21-17(20-16-12-18-10-11-19-16)13-6-8-15(9-7-13)22-14-4-2-1-3-5-14/h6-12,14H,1-5H2,(H,19,20,21). The Morgan fingerprint density at radius 3 is 2.55 bits per heavy atom. The Hall–Kier alpha value is -2.43. The van der Waals surface area contributed by atoms with E-state index >= 15 is 0 Å². The SMILES string of the molecule is O=C(Nc1cnccn1)c1ccc(OC2CCCCC2)cc1. The van der Waals surface area contributed by atoms with E-state index in [1.165, 1.54) is 31.7 Å². The summed E-state index contributed by atoms with van der Waals surface area (Å²) in [5, 5.41) is 2.71. The number of nitrogens with one attached hydrogen (secondary N) is 1. The van der Waals surface area contributed by atoms with Crippen LogP contribution in [0.15, 0.2) is 42.9 Å². The molecular formula is C17H19N3O2. The van der Waals surface area contributed by atoms with Gasteiger partial charge in [0.25, 0.3) is 5.91 Å². The van der Waals surface area contributed by atoms with E-state index in [2.05, 4.69) is 15.3 Å². The van der Waals surface area contributed by atoms with Gasteiger partial charge in [-0.2, -0.15) is 0 Å². The number of carbonyl (C=O) groups excluding carboxylic acids is 1. The zero-order valence-electron chi connectivity index (χ0n) is 12.4. The molecule has 22 heavy (non-hydrogen) atoms. The molecule has 2 aromatic rings. The molecule has 0 unspecified atom stereocenters. The molecule has 0 atom stereocenters. The van der Waals surface area contributed by atoms with Crippen molar-refractivity contribution in [2.75, 3.05) is 5.32 Å². The van der Waals surface area contributed by atoms with E-state index in [4.69, 9.17) is 4.74 Å². The Labute approximate surface area is 129 Å². The molecule has 5 nitrogen and oxygen atoms in total. The highest BCUT2D eigenvalue weighted by molar-refractivity contribution is 6.03. The molecule has 0 spiro atoms. The molecule has 0 aliphatic heterocycles. The summed E-state index contributed by atoms with van der Waals surface area (Å²) in [6, 6.07) is 7.23. The van der Waals surface area contributed by atoms with Gasteiger partial charge < -0.3 is 10.1 Å². The molecule has 1 aromatic heterocycles. The summed E-state index contributed by atoms with van der Waals surface area (Å²) in [6.07, 6.45) is 11.0. The van der Waals surface area contributed by atoms with Crippen LogP contribution in [0.1, 0.15) is 42.5 Å². The van der Waals surface area contributed by atoms with Crippen molar-refractivity contribution >= 4 is 11.7 Å². The lowest BCUT2D eigenvalue weighted by atomic mass is 9.98. The molecule has 3 rings (SSSR count). The highest BCUT2D eigenvalue weighted by atomic mass is 16.5. The van der Waals surface area contributed by atoms with Gasteiger partial charge >= 0.3 is 0 Å². The molecule has 1 aliphatic rings. The Morgan fingerprint density at radius 1 is 1.09 bits per heavy atom. The first-order valence-electron chi connectivity index (χ1n) is 7.65. The number of anilines is 1. The third-order valence-electron chi connectivity index (χ3n) is 3.78. The topological polar surface area (TPSA) is 64.1 Å². The van der Waals surface area contributed by atoms with Crippen LogP contribution >= 0.6 is 0 Å². The average Bonchev–Trinajstić information content (AvgIpc) is 2.57. The third-order valence-corrected chi connectivity index (χ3v) is 3.78. The second kappa shape index (κ2) is 7.02. The quantitative estimate of drug-likeness (QED) is 0.939. The molecule has 5 heteroatoms. The van der Waals surface area contributed by atoms with E-state index in [0.717, 1.165) is 18.6 Å². The summed E-state index contributed by atoms with van der Waals surface area (Å²) >= 11 is 0. The van der Waals surface area contributed by atoms with Crippen molar-refractivity contribution in [2.24, 2.45) is 0 Å². The maximum Gasteiger partial charge on any atom is 0.256 e. The number of nitrogens with zero attached hydrogens (tertiary/aromatic N) is 2. The number of ether oxygens (including phenoxy) is 1. The van der Waals surface area contributed by atoms with Crippen LogP contribution in [-0.4, -0.2) is 22.0 Å². The van der Waals surface area contributed by atoms with Crippen molar-refractivity contribution in [3.63, 3.8) is 0 Å².